The van der Waals surface area contributed by atoms with Crippen molar-refractivity contribution in [2.24, 2.45) is 0 Å². The van der Waals surface area contributed by atoms with E-state index in [9.17, 15) is 0 Å². The smallest absolute Gasteiger partial charge is 0.316 e. The topological polar surface area (TPSA) is 53.5 Å². The molecule has 1 aromatic heterocycles. The van der Waals surface area contributed by atoms with E-state index in [0.717, 1.165) is 35.6 Å². The van der Waals surface area contributed by atoms with Gasteiger partial charge in [0.2, 0.25) is 0 Å². The maximum absolute atomic E-state index is 6.73. The van der Waals surface area contributed by atoms with Crippen LogP contribution < -0.4 is 15.0 Å². The highest BCUT2D eigenvalue weighted by molar-refractivity contribution is 6.36. The molecule has 204 valence electrons. The molecule has 0 spiro atoms. The molecule has 2 aromatic carbocycles. The maximum atomic E-state index is 6.73. The van der Waals surface area contributed by atoms with Crippen molar-refractivity contribution in [3.63, 3.8) is 0 Å². The van der Waals surface area contributed by atoms with Crippen LogP contribution in [-0.4, -0.2) is 58.7 Å². The van der Waals surface area contributed by atoms with Crippen molar-refractivity contribution in [1.29, 1.82) is 0 Å². The fourth-order valence-corrected chi connectivity index (χ4v) is 8.80. The molecule has 2 bridgehead atoms. The number of halogens is 1. The first-order chi connectivity index (χ1) is 19.1. The molecule has 5 aliphatic heterocycles. The lowest BCUT2D eigenvalue weighted by atomic mass is 9.85. The number of nitrogens with zero attached hydrogens (tertiary/aromatic N) is 4. The summed E-state index contributed by atoms with van der Waals surface area (Å²) in [5, 5.41) is 6.94. The Bertz CT molecular complexity index is 1380. The number of hydrogen-bond donors (Lipinski definition) is 1. The van der Waals surface area contributed by atoms with Crippen LogP contribution in [0.1, 0.15) is 74.2 Å². The minimum absolute atomic E-state index is 0.193. The van der Waals surface area contributed by atoms with E-state index in [0.29, 0.717) is 30.6 Å². The predicted octanol–water partition coefficient (Wildman–Crippen LogP) is 5.85. The normalized spacial score (nSPS) is 27.6. The van der Waals surface area contributed by atoms with Gasteiger partial charge in [0, 0.05) is 35.6 Å². The Balaban J connectivity index is 1.15. The molecule has 3 aromatic rings. The highest BCUT2D eigenvalue weighted by Crippen LogP contribution is 2.42. The standard InChI is InChI=1S/C32H38ClN5O/c33-26-7-1-5-21-6-2-8-28(29(21)26)37-16-11-25-27(19-37)35-31(39-20-32-12-3-14-38(32)15-4-13-32)36-30(25)22-17-23-9-10-24(18-22)34-23/h1-2,5-8,22-24,34H,3-4,9-20H2/t22-,23+,24-. The van der Waals surface area contributed by atoms with Crippen molar-refractivity contribution in [1.82, 2.24) is 20.2 Å². The van der Waals surface area contributed by atoms with Crippen LogP contribution in [0.4, 0.5) is 5.69 Å². The summed E-state index contributed by atoms with van der Waals surface area (Å²) in [6.45, 7) is 4.84. The molecule has 0 aliphatic carbocycles. The number of rotatable bonds is 5. The SMILES string of the molecule is Clc1cccc2cccc(N3CCc4c(nc(OCC56CCCN5CCC6)nc4[C@H]4C[C@H]5CC[C@@H](C4)N5)C3)c12. The molecular formula is C32H38ClN5O. The third-order valence-corrected chi connectivity index (χ3v) is 10.7. The molecule has 1 N–H and O–H groups in total. The number of aromatic nitrogens is 2. The number of anilines is 1. The Kier molecular flexibility index (Phi) is 6.01. The summed E-state index contributed by atoms with van der Waals surface area (Å²) >= 11 is 6.73. The van der Waals surface area contributed by atoms with Crippen LogP contribution in [0.3, 0.4) is 0 Å². The van der Waals surface area contributed by atoms with Gasteiger partial charge in [-0.05, 0) is 94.0 Å². The monoisotopic (exact) mass is 543 g/mol. The third kappa shape index (κ3) is 4.22. The van der Waals surface area contributed by atoms with E-state index in [1.165, 1.54) is 86.8 Å². The highest BCUT2D eigenvalue weighted by atomic mass is 35.5. The van der Waals surface area contributed by atoms with Crippen LogP contribution in [0, 0.1) is 0 Å². The van der Waals surface area contributed by atoms with Crippen molar-refractivity contribution < 1.29 is 4.74 Å². The van der Waals surface area contributed by atoms with Gasteiger partial charge in [0.05, 0.1) is 28.5 Å². The summed E-state index contributed by atoms with van der Waals surface area (Å²) in [4.78, 5) is 15.5. The minimum Gasteiger partial charge on any atom is -0.461 e. The quantitative estimate of drug-likeness (QED) is 0.435. The van der Waals surface area contributed by atoms with Crippen LogP contribution >= 0.6 is 11.6 Å². The summed E-state index contributed by atoms with van der Waals surface area (Å²) in [5.74, 6) is 0.494. The van der Waals surface area contributed by atoms with Crippen molar-refractivity contribution in [3.05, 3.63) is 58.4 Å². The van der Waals surface area contributed by atoms with Gasteiger partial charge in [0.1, 0.15) is 6.61 Å². The minimum atomic E-state index is 0.193. The van der Waals surface area contributed by atoms with Gasteiger partial charge >= 0.3 is 6.01 Å². The summed E-state index contributed by atoms with van der Waals surface area (Å²) in [5.41, 5.74) is 5.18. The molecule has 0 amide bonds. The van der Waals surface area contributed by atoms with Crippen LogP contribution in [0.5, 0.6) is 6.01 Å². The lowest BCUT2D eigenvalue weighted by Crippen LogP contribution is -2.43. The maximum Gasteiger partial charge on any atom is 0.316 e. The van der Waals surface area contributed by atoms with E-state index in [1.54, 1.807) is 0 Å². The largest absolute Gasteiger partial charge is 0.461 e. The van der Waals surface area contributed by atoms with Gasteiger partial charge < -0.3 is 15.0 Å². The molecule has 0 radical (unpaired) electrons. The molecule has 39 heavy (non-hydrogen) atoms. The number of fused-ring (bicyclic) bond motifs is 5. The van der Waals surface area contributed by atoms with Crippen molar-refractivity contribution in [3.8, 4) is 6.01 Å². The van der Waals surface area contributed by atoms with E-state index in [-0.39, 0.29) is 5.54 Å². The molecule has 6 heterocycles. The van der Waals surface area contributed by atoms with Crippen LogP contribution in [0.2, 0.25) is 5.02 Å². The van der Waals surface area contributed by atoms with E-state index in [4.69, 9.17) is 26.3 Å². The number of nitrogens with one attached hydrogen (secondary N) is 1. The van der Waals surface area contributed by atoms with E-state index < -0.39 is 0 Å². The second kappa shape index (κ2) is 9.60. The molecule has 7 heteroatoms. The Labute approximate surface area is 236 Å². The number of benzene rings is 2. The number of piperidine rings is 1. The lowest BCUT2D eigenvalue weighted by Gasteiger charge is -2.35. The third-order valence-electron chi connectivity index (χ3n) is 10.4. The summed E-state index contributed by atoms with van der Waals surface area (Å²) < 4.78 is 6.57. The fraction of sp³-hybridized carbons (Fsp3) is 0.562. The molecule has 5 aliphatic rings. The molecular weight excluding hydrogens is 506 g/mol. The van der Waals surface area contributed by atoms with Gasteiger partial charge in [-0.15, -0.1) is 0 Å². The van der Waals surface area contributed by atoms with Gasteiger partial charge in [-0.3, -0.25) is 4.90 Å². The lowest BCUT2D eigenvalue weighted by molar-refractivity contribution is 0.107. The van der Waals surface area contributed by atoms with Crippen molar-refractivity contribution in [2.75, 3.05) is 31.1 Å². The van der Waals surface area contributed by atoms with Crippen LogP contribution in [0.25, 0.3) is 10.8 Å². The van der Waals surface area contributed by atoms with Gasteiger partial charge in [0.25, 0.3) is 0 Å². The van der Waals surface area contributed by atoms with E-state index in [1.807, 2.05) is 12.1 Å². The Morgan fingerprint density at radius 1 is 0.974 bits per heavy atom. The Hall–Kier alpha value is -2.41. The molecule has 8 rings (SSSR count). The highest BCUT2D eigenvalue weighted by Gasteiger charge is 2.45. The predicted molar refractivity (Wildman–Crippen MR) is 156 cm³/mol. The van der Waals surface area contributed by atoms with Crippen LogP contribution in [-0.2, 0) is 13.0 Å². The van der Waals surface area contributed by atoms with Gasteiger partial charge in [-0.25, -0.2) is 0 Å². The molecule has 4 saturated heterocycles. The first-order valence-corrected chi connectivity index (χ1v) is 15.5. The summed E-state index contributed by atoms with van der Waals surface area (Å²) in [7, 11) is 0. The second-order valence-corrected chi connectivity index (χ2v) is 13.0. The summed E-state index contributed by atoms with van der Waals surface area (Å²) in [6.07, 6.45) is 10.9. The van der Waals surface area contributed by atoms with Crippen LogP contribution in [0.15, 0.2) is 36.4 Å². The van der Waals surface area contributed by atoms with Gasteiger partial charge in [-0.2, -0.15) is 9.97 Å². The number of ether oxygens (including phenoxy) is 1. The fourth-order valence-electron chi connectivity index (χ4n) is 8.52. The first kappa shape index (κ1) is 24.4. The van der Waals surface area contributed by atoms with E-state index >= 15 is 0 Å². The average Bonchev–Trinajstić information content (AvgIpc) is 3.64. The first-order valence-electron chi connectivity index (χ1n) is 15.1. The van der Waals surface area contributed by atoms with Crippen molar-refractivity contribution >= 4 is 28.1 Å². The van der Waals surface area contributed by atoms with Gasteiger partial charge in [-0.1, -0.05) is 35.9 Å². The van der Waals surface area contributed by atoms with Gasteiger partial charge in [0.15, 0.2) is 0 Å². The zero-order chi connectivity index (χ0) is 26.0. The average molecular weight is 544 g/mol. The van der Waals surface area contributed by atoms with E-state index in [2.05, 4.69) is 39.4 Å². The van der Waals surface area contributed by atoms with Crippen molar-refractivity contribution in [2.45, 2.75) is 87.9 Å². The Morgan fingerprint density at radius 3 is 2.54 bits per heavy atom. The molecule has 6 nitrogen and oxygen atoms in total. The zero-order valence-electron chi connectivity index (χ0n) is 22.7. The Morgan fingerprint density at radius 2 is 1.74 bits per heavy atom. The molecule has 3 atom stereocenters. The molecule has 4 fully saturated rings. The molecule has 0 saturated carbocycles. The second-order valence-electron chi connectivity index (χ2n) is 12.6. The number of hydrogen-bond acceptors (Lipinski definition) is 6. The zero-order valence-corrected chi connectivity index (χ0v) is 23.4. The summed E-state index contributed by atoms with van der Waals surface area (Å²) in [6, 6.07) is 14.5. The molecule has 0 unspecified atom stereocenters.